The summed E-state index contributed by atoms with van der Waals surface area (Å²) in [4.78, 5) is 4.84. The van der Waals surface area contributed by atoms with Gasteiger partial charge in [0.15, 0.2) is 11.5 Å². The molecule has 5 rings (SSSR count). The van der Waals surface area contributed by atoms with Crippen LogP contribution in [0.4, 0.5) is 0 Å². The molecule has 0 aliphatic heterocycles. The van der Waals surface area contributed by atoms with Crippen LogP contribution in [0.1, 0.15) is 22.4 Å². The molecule has 190 valence electrons. The maximum absolute atomic E-state index is 6.58. The predicted molar refractivity (Wildman–Crippen MR) is 155 cm³/mol. The van der Waals surface area contributed by atoms with Crippen molar-refractivity contribution in [3.8, 4) is 17.2 Å². The number of hydrogen-bond acceptors (Lipinski definition) is 4. The number of pyridine rings is 1. The molecule has 0 aliphatic carbocycles. The summed E-state index contributed by atoms with van der Waals surface area (Å²) >= 11 is 12.6. The summed E-state index contributed by atoms with van der Waals surface area (Å²) in [5.74, 6) is 1.80. The van der Waals surface area contributed by atoms with Crippen LogP contribution in [0, 0.1) is 0 Å². The van der Waals surface area contributed by atoms with E-state index in [1.54, 1.807) is 7.11 Å². The van der Waals surface area contributed by atoms with Crippen LogP contribution in [0.2, 0.25) is 10.0 Å². The van der Waals surface area contributed by atoms with Gasteiger partial charge in [0, 0.05) is 10.4 Å². The third kappa shape index (κ3) is 6.28. The number of ether oxygens (including phenoxy) is 3. The first-order valence-corrected chi connectivity index (χ1v) is 12.8. The highest BCUT2D eigenvalue weighted by Crippen LogP contribution is 2.37. The number of methoxy groups -OCH3 is 1. The maximum atomic E-state index is 6.58. The minimum Gasteiger partial charge on any atom is -0.493 e. The largest absolute Gasteiger partial charge is 0.493 e. The van der Waals surface area contributed by atoms with Gasteiger partial charge in [0.05, 0.1) is 17.8 Å². The number of hydrogen-bond donors (Lipinski definition) is 0. The first-order chi connectivity index (χ1) is 18.6. The standard InChI is InChI=1S/C32H25Cl2NO3/c1-36-30-19-24(18-28(34)32(30)38-21-22-6-3-2-4-7-22)12-16-27-17-13-25-8-5-9-29(31(25)35-27)37-20-23-10-14-26(33)15-11-23/h2-19H,20-21H2,1H3/b16-12-. The summed E-state index contributed by atoms with van der Waals surface area (Å²) in [6.07, 6.45) is 3.88. The molecular weight excluding hydrogens is 517 g/mol. The van der Waals surface area contributed by atoms with Gasteiger partial charge in [-0.15, -0.1) is 0 Å². The van der Waals surface area contributed by atoms with Gasteiger partial charge in [-0.2, -0.15) is 0 Å². The molecule has 0 fully saturated rings. The molecule has 0 aliphatic rings. The molecule has 0 N–H and O–H groups in total. The summed E-state index contributed by atoms with van der Waals surface area (Å²) in [6, 6.07) is 31.2. The van der Waals surface area contributed by atoms with E-state index >= 15 is 0 Å². The Kier molecular flexibility index (Phi) is 8.12. The van der Waals surface area contributed by atoms with E-state index < -0.39 is 0 Å². The molecule has 4 aromatic carbocycles. The van der Waals surface area contributed by atoms with E-state index in [2.05, 4.69) is 0 Å². The maximum Gasteiger partial charge on any atom is 0.180 e. The van der Waals surface area contributed by atoms with Crippen LogP contribution in [-0.4, -0.2) is 12.1 Å². The molecule has 0 amide bonds. The zero-order chi connectivity index (χ0) is 26.3. The third-order valence-corrected chi connectivity index (χ3v) is 6.47. The van der Waals surface area contributed by atoms with E-state index in [9.17, 15) is 0 Å². The van der Waals surface area contributed by atoms with E-state index in [0.29, 0.717) is 34.8 Å². The van der Waals surface area contributed by atoms with Crippen molar-refractivity contribution in [1.29, 1.82) is 0 Å². The summed E-state index contributed by atoms with van der Waals surface area (Å²) in [5, 5.41) is 2.18. The van der Waals surface area contributed by atoms with Crippen molar-refractivity contribution in [1.82, 2.24) is 4.98 Å². The second-order valence-electron chi connectivity index (χ2n) is 8.62. The average molecular weight is 542 g/mol. The van der Waals surface area contributed by atoms with Gasteiger partial charge in [0.2, 0.25) is 0 Å². The molecule has 0 saturated carbocycles. The molecule has 0 atom stereocenters. The topological polar surface area (TPSA) is 40.6 Å². The smallest absolute Gasteiger partial charge is 0.180 e. The summed E-state index contributed by atoms with van der Waals surface area (Å²) in [6.45, 7) is 0.824. The number of nitrogens with zero attached hydrogens (tertiary/aromatic N) is 1. The molecular formula is C32H25Cl2NO3. The molecule has 0 radical (unpaired) electrons. The van der Waals surface area contributed by atoms with Crippen molar-refractivity contribution in [2.24, 2.45) is 0 Å². The lowest BCUT2D eigenvalue weighted by molar-refractivity contribution is 0.284. The molecule has 1 heterocycles. The van der Waals surface area contributed by atoms with Gasteiger partial charge in [-0.1, -0.05) is 89.9 Å². The Morgan fingerprint density at radius 2 is 1.47 bits per heavy atom. The minimum absolute atomic E-state index is 0.398. The van der Waals surface area contributed by atoms with Crippen molar-refractivity contribution in [3.05, 3.63) is 129 Å². The van der Waals surface area contributed by atoms with Gasteiger partial charge in [-0.05, 0) is 59.2 Å². The predicted octanol–water partition coefficient (Wildman–Crippen LogP) is 8.88. The number of benzene rings is 4. The van der Waals surface area contributed by atoms with Gasteiger partial charge >= 0.3 is 0 Å². The van der Waals surface area contributed by atoms with E-state index in [1.807, 2.05) is 109 Å². The Morgan fingerprint density at radius 3 is 2.26 bits per heavy atom. The van der Waals surface area contributed by atoms with E-state index in [-0.39, 0.29) is 0 Å². The number of fused-ring (bicyclic) bond motifs is 1. The lowest BCUT2D eigenvalue weighted by Gasteiger charge is -2.13. The fourth-order valence-electron chi connectivity index (χ4n) is 3.97. The fourth-order valence-corrected chi connectivity index (χ4v) is 4.37. The van der Waals surface area contributed by atoms with Crippen LogP contribution in [0.5, 0.6) is 17.2 Å². The highest BCUT2D eigenvalue weighted by molar-refractivity contribution is 6.32. The molecule has 0 saturated heterocycles. The minimum atomic E-state index is 0.398. The lowest BCUT2D eigenvalue weighted by atomic mass is 10.1. The first kappa shape index (κ1) is 25.7. The summed E-state index contributed by atoms with van der Waals surface area (Å²) in [7, 11) is 1.60. The average Bonchev–Trinajstić information content (AvgIpc) is 2.95. The fraction of sp³-hybridized carbons (Fsp3) is 0.0938. The Morgan fingerprint density at radius 1 is 0.711 bits per heavy atom. The number of halogens is 2. The molecule has 0 unspecified atom stereocenters. The van der Waals surface area contributed by atoms with Crippen LogP contribution in [0.15, 0.2) is 97.1 Å². The summed E-state index contributed by atoms with van der Waals surface area (Å²) in [5.41, 5.74) is 4.54. The van der Waals surface area contributed by atoms with Gasteiger partial charge < -0.3 is 14.2 Å². The number of aromatic nitrogens is 1. The molecule has 1 aromatic heterocycles. The first-order valence-electron chi connectivity index (χ1n) is 12.1. The zero-order valence-corrected chi connectivity index (χ0v) is 22.2. The van der Waals surface area contributed by atoms with Crippen molar-refractivity contribution in [2.75, 3.05) is 7.11 Å². The van der Waals surface area contributed by atoms with Gasteiger partial charge in [0.1, 0.15) is 24.5 Å². The number of rotatable bonds is 9. The second-order valence-corrected chi connectivity index (χ2v) is 9.46. The Labute approximate surface area is 232 Å². The molecule has 0 bridgehead atoms. The molecule has 6 heteroatoms. The number of para-hydroxylation sites is 1. The second kappa shape index (κ2) is 12.0. The van der Waals surface area contributed by atoms with Crippen LogP contribution < -0.4 is 14.2 Å². The van der Waals surface area contributed by atoms with Crippen LogP contribution in [0.25, 0.3) is 23.1 Å². The van der Waals surface area contributed by atoms with Gasteiger partial charge in [-0.3, -0.25) is 0 Å². The molecule has 38 heavy (non-hydrogen) atoms. The Hall–Kier alpha value is -3.99. The van der Waals surface area contributed by atoms with E-state index in [0.717, 1.165) is 39.0 Å². The van der Waals surface area contributed by atoms with Crippen LogP contribution >= 0.6 is 23.2 Å². The van der Waals surface area contributed by atoms with Gasteiger partial charge in [-0.25, -0.2) is 4.98 Å². The van der Waals surface area contributed by atoms with Crippen molar-refractivity contribution < 1.29 is 14.2 Å². The normalized spacial score (nSPS) is 11.1. The quantitative estimate of drug-likeness (QED) is 0.187. The van der Waals surface area contributed by atoms with Crippen molar-refractivity contribution >= 4 is 46.3 Å². The highest BCUT2D eigenvalue weighted by atomic mass is 35.5. The molecule has 5 aromatic rings. The SMILES string of the molecule is COc1cc(/C=C\c2ccc3cccc(OCc4ccc(Cl)cc4)c3n2)cc(Cl)c1OCc1ccccc1. The molecule has 0 spiro atoms. The van der Waals surface area contributed by atoms with Gasteiger partial charge in [0.25, 0.3) is 0 Å². The monoisotopic (exact) mass is 541 g/mol. The Balaban J connectivity index is 1.34. The van der Waals surface area contributed by atoms with E-state index in [1.165, 1.54) is 0 Å². The zero-order valence-electron chi connectivity index (χ0n) is 20.7. The lowest BCUT2D eigenvalue weighted by Crippen LogP contribution is -1.98. The third-order valence-electron chi connectivity index (χ3n) is 5.94. The summed E-state index contributed by atoms with van der Waals surface area (Å²) < 4.78 is 17.6. The Bertz CT molecular complexity index is 1570. The van der Waals surface area contributed by atoms with Crippen molar-refractivity contribution in [3.63, 3.8) is 0 Å². The van der Waals surface area contributed by atoms with Crippen LogP contribution in [-0.2, 0) is 13.2 Å². The van der Waals surface area contributed by atoms with Crippen molar-refractivity contribution in [2.45, 2.75) is 13.2 Å². The highest BCUT2D eigenvalue weighted by Gasteiger charge is 2.12. The molecule has 4 nitrogen and oxygen atoms in total. The van der Waals surface area contributed by atoms with Crippen LogP contribution in [0.3, 0.4) is 0 Å². The van der Waals surface area contributed by atoms with E-state index in [4.69, 9.17) is 42.4 Å².